The number of nitrogens with zero attached hydrogens (tertiary/aromatic N) is 4. The number of benzene rings is 1. The Morgan fingerprint density at radius 3 is 2.77 bits per heavy atom. The second-order valence-corrected chi connectivity index (χ2v) is 6.99. The van der Waals surface area contributed by atoms with E-state index in [1.807, 2.05) is 44.2 Å². The molecule has 3 aromatic rings. The highest BCUT2D eigenvalue weighted by Crippen LogP contribution is 2.24. The number of β-amino-alcohol motifs (C(OH)–C–C–N with tert-alkyl or cyclic N) is 1. The topological polar surface area (TPSA) is 88.4 Å². The quantitative estimate of drug-likeness (QED) is 0.752. The van der Waals surface area contributed by atoms with Gasteiger partial charge in [0.05, 0.1) is 18.3 Å². The largest absolute Gasteiger partial charge is 0.391 e. The molecule has 4 rings (SSSR count). The molecule has 7 nitrogen and oxygen atoms in total. The first-order chi connectivity index (χ1) is 12.6. The average Bonchev–Trinajstić information content (AvgIpc) is 3.31. The first kappa shape index (κ1) is 16.9. The molecular formula is C19H22N4O3. The monoisotopic (exact) mass is 354 g/mol. The van der Waals surface area contributed by atoms with Gasteiger partial charge in [-0.3, -0.25) is 4.90 Å². The number of hydrogen-bond acceptors (Lipinski definition) is 7. The zero-order valence-corrected chi connectivity index (χ0v) is 14.9. The van der Waals surface area contributed by atoms with Crippen LogP contribution in [0.3, 0.4) is 0 Å². The normalized spacial score (nSPS) is 20.7. The maximum Gasteiger partial charge on any atom is 0.241 e. The van der Waals surface area contributed by atoms with Crippen molar-refractivity contribution in [3.05, 3.63) is 53.2 Å². The van der Waals surface area contributed by atoms with Crippen molar-refractivity contribution >= 4 is 0 Å². The molecule has 0 unspecified atom stereocenters. The zero-order valence-electron chi connectivity index (χ0n) is 14.9. The van der Waals surface area contributed by atoms with Crippen LogP contribution in [0.15, 0.2) is 39.4 Å². The van der Waals surface area contributed by atoms with Gasteiger partial charge in [-0.15, -0.1) is 0 Å². The molecule has 1 aliphatic heterocycles. The molecular weight excluding hydrogens is 332 g/mol. The van der Waals surface area contributed by atoms with Gasteiger partial charge in [-0.25, -0.2) is 0 Å². The lowest BCUT2D eigenvalue weighted by Crippen LogP contribution is -2.21. The van der Waals surface area contributed by atoms with Crippen LogP contribution in [-0.4, -0.2) is 44.5 Å². The van der Waals surface area contributed by atoms with Gasteiger partial charge in [-0.05, 0) is 19.4 Å². The Morgan fingerprint density at radius 2 is 2.00 bits per heavy atom. The van der Waals surface area contributed by atoms with Crippen LogP contribution in [0.2, 0.25) is 0 Å². The predicted octanol–water partition coefficient (Wildman–Crippen LogP) is 2.38. The minimum atomic E-state index is -0.404. The Labute approximate surface area is 151 Å². The smallest absolute Gasteiger partial charge is 0.241 e. The average molecular weight is 354 g/mol. The molecule has 0 spiro atoms. The molecule has 0 aliphatic carbocycles. The van der Waals surface area contributed by atoms with Gasteiger partial charge in [-0.1, -0.05) is 34.6 Å². The van der Waals surface area contributed by atoms with Crippen molar-refractivity contribution in [1.82, 2.24) is 20.2 Å². The van der Waals surface area contributed by atoms with Crippen LogP contribution in [-0.2, 0) is 13.0 Å². The van der Waals surface area contributed by atoms with E-state index in [1.165, 1.54) is 0 Å². The summed E-state index contributed by atoms with van der Waals surface area (Å²) in [6, 6.07) is 9.88. The van der Waals surface area contributed by atoms with Crippen molar-refractivity contribution < 1.29 is 14.2 Å². The third kappa shape index (κ3) is 3.54. The number of likely N-dealkylation sites (tertiary alicyclic amines) is 1. The second-order valence-electron chi connectivity index (χ2n) is 6.99. The minimum Gasteiger partial charge on any atom is -0.391 e. The fourth-order valence-electron chi connectivity index (χ4n) is 3.49. The number of aliphatic hydroxyl groups excluding tert-OH is 1. The maximum absolute atomic E-state index is 10.4. The zero-order chi connectivity index (χ0) is 18.1. The molecule has 0 saturated carbocycles. The fraction of sp³-hybridized carbons (Fsp3) is 0.421. The van der Waals surface area contributed by atoms with Gasteiger partial charge in [0.25, 0.3) is 0 Å². The van der Waals surface area contributed by atoms with Gasteiger partial charge in [0.1, 0.15) is 5.76 Å². The highest BCUT2D eigenvalue weighted by molar-refractivity contribution is 5.58. The SMILES string of the molecule is Cc1cc(C[C@@H]2CN(Cc3nc(-c4ccccc4C)no3)C[C@H]2O)on1. The van der Waals surface area contributed by atoms with Crippen LogP contribution in [0.25, 0.3) is 11.4 Å². The molecule has 2 aromatic heterocycles. The summed E-state index contributed by atoms with van der Waals surface area (Å²) >= 11 is 0. The Kier molecular flexibility index (Phi) is 4.57. The van der Waals surface area contributed by atoms with E-state index >= 15 is 0 Å². The second kappa shape index (κ2) is 7.01. The van der Waals surface area contributed by atoms with Crippen molar-refractivity contribution in [1.29, 1.82) is 0 Å². The van der Waals surface area contributed by atoms with Crippen molar-refractivity contribution in [2.45, 2.75) is 32.9 Å². The molecule has 136 valence electrons. The molecule has 1 aromatic carbocycles. The number of rotatable bonds is 5. The molecule has 7 heteroatoms. The van der Waals surface area contributed by atoms with Gasteiger partial charge in [0, 0.05) is 37.1 Å². The highest BCUT2D eigenvalue weighted by atomic mass is 16.5. The molecule has 1 saturated heterocycles. The van der Waals surface area contributed by atoms with Gasteiger partial charge in [-0.2, -0.15) is 4.98 Å². The van der Waals surface area contributed by atoms with E-state index < -0.39 is 6.10 Å². The lowest BCUT2D eigenvalue weighted by molar-refractivity contribution is 0.136. The summed E-state index contributed by atoms with van der Waals surface area (Å²) in [5.74, 6) is 2.09. The van der Waals surface area contributed by atoms with E-state index in [4.69, 9.17) is 9.05 Å². The minimum absolute atomic E-state index is 0.112. The van der Waals surface area contributed by atoms with Crippen LogP contribution in [0, 0.1) is 19.8 Å². The Morgan fingerprint density at radius 1 is 1.15 bits per heavy atom. The summed E-state index contributed by atoms with van der Waals surface area (Å²) in [6.45, 7) is 5.79. The highest BCUT2D eigenvalue weighted by Gasteiger charge is 2.33. The Balaban J connectivity index is 1.40. The number of hydrogen-bond donors (Lipinski definition) is 1. The molecule has 1 aliphatic rings. The summed E-state index contributed by atoms with van der Waals surface area (Å²) < 4.78 is 10.7. The molecule has 2 atom stereocenters. The van der Waals surface area contributed by atoms with Crippen LogP contribution in [0.4, 0.5) is 0 Å². The van der Waals surface area contributed by atoms with Crippen molar-refractivity contribution in [3.8, 4) is 11.4 Å². The molecule has 0 amide bonds. The van der Waals surface area contributed by atoms with Gasteiger partial charge in [0.15, 0.2) is 0 Å². The van der Waals surface area contributed by atoms with E-state index in [0.29, 0.717) is 31.2 Å². The number of aromatic nitrogens is 3. The van der Waals surface area contributed by atoms with Crippen LogP contribution >= 0.6 is 0 Å². The first-order valence-electron chi connectivity index (χ1n) is 8.79. The van der Waals surface area contributed by atoms with Gasteiger partial charge in [0.2, 0.25) is 11.7 Å². The van der Waals surface area contributed by atoms with E-state index in [1.54, 1.807) is 0 Å². The molecule has 1 N–H and O–H groups in total. The number of aryl methyl sites for hydroxylation is 2. The molecule has 0 bridgehead atoms. The summed E-state index contributed by atoms with van der Waals surface area (Å²) in [5, 5.41) is 18.4. The van der Waals surface area contributed by atoms with E-state index in [9.17, 15) is 5.11 Å². The fourth-order valence-corrected chi connectivity index (χ4v) is 3.49. The number of aliphatic hydroxyl groups is 1. The Hall–Kier alpha value is -2.51. The molecule has 3 heterocycles. The standard InChI is InChI=1S/C19H22N4O3/c1-12-5-3-4-6-16(12)19-20-18(26-22-19)11-23-9-14(17(24)10-23)8-15-7-13(2)21-25-15/h3-7,14,17,24H,8-11H2,1-2H3/t14-,17-/m1/s1. The molecule has 1 fully saturated rings. The van der Waals surface area contributed by atoms with Crippen molar-refractivity contribution in [3.63, 3.8) is 0 Å². The van der Waals surface area contributed by atoms with Crippen LogP contribution < -0.4 is 0 Å². The molecule has 26 heavy (non-hydrogen) atoms. The van der Waals surface area contributed by atoms with E-state index in [2.05, 4.69) is 20.2 Å². The molecule has 0 radical (unpaired) electrons. The lowest BCUT2D eigenvalue weighted by atomic mass is 10.0. The Bertz CT molecular complexity index is 888. The summed E-state index contributed by atoms with van der Waals surface area (Å²) in [5.41, 5.74) is 2.94. The third-order valence-electron chi connectivity index (χ3n) is 4.84. The summed E-state index contributed by atoms with van der Waals surface area (Å²) in [4.78, 5) is 6.65. The summed E-state index contributed by atoms with van der Waals surface area (Å²) in [7, 11) is 0. The van der Waals surface area contributed by atoms with E-state index in [0.717, 1.165) is 29.1 Å². The lowest BCUT2D eigenvalue weighted by Gasteiger charge is -2.12. The van der Waals surface area contributed by atoms with Crippen molar-refractivity contribution in [2.24, 2.45) is 5.92 Å². The van der Waals surface area contributed by atoms with E-state index in [-0.39, 0.29) is 5.92 Å². The first-order valence-corrected chi connectivity index (χ1v) is 8.79. The van der Waals surface area contributed by atoms with Crippen LogP contribution in [0.5, 0.6) is 0 Å². The summed E-state index contributed by atoms with van der Waals surface area (Å²) in [6.07, 6.45) is 0.274. The van der Waals surface area contributed by atoms with Crippen molar-refractivity contribution in [2.75, 3.05) is 13.1 Å². The predicted molar refractivity (Wildman–Crippen MR) is 94.2 cm³/mol. The van der Waals surface area contributed by atoms with Crippen LogP contribution in [0.1, 0.15) is 22.9 Å². The third-order valence-corrected chi connectivity index (χ3v) is 4.84. The van der Waals surface area contributed by atoms with Gasteiger partial charge < -0.3 is 14.2 Å². The maximum atomic E-state index is 10.4. The van der Waals surface area contributed by atoms with Gasteiger partial charge >= 0.3 is 0 Å².